The minimum Gasteiger partial charge on any atom is -0.308 e. The highest BCUT2D eigenvalue weighted by Gasteiger charge is 2.21. The number of hydrogen-bond donors (Lipinski definition) is 0. The Morgan fingerprint density at radius 2 is 0.855 bits per heavy atom. The van der Waals surface area contributed by atoms with Gasteiger partial charge in [-0.15, -0.1) is 0 Å². The van der Waals surface area contributed by atoms with Crippen molar-refractivity contribution in [3.63, 3.8) is 0 Å². The third kappa shape index (κ3) is 5.96. The van der Waals surface area contributed by atoms with Crippen molar-refractivity contribution in [2.24, 2.45) is 0 Å². The van der Waals surface area contributed by atoms with E-state index in [0.29, 0.717) is 0 Å². The summed E-state index contributed by atoms with van der Waals surface area (Å²) in [7, 11) is 0. The van der Waals surface area contributed by atoms with Crippen LogP contribution >= 0.6 is 0 Å². The molecule has 0 radical (unpaired) electrons. The van der Waals surface area contributed by atoms with Crippen LogP contribution in [0.25, 0.3) is 95.0 Å². The first-order valence-electron chi connectivity index (χ1n) is 31.5. The van der Waals surface area contributed by atoms with Gasteiger partial charge in [0.05, 0.1) is 59.2 Å². The van der Waals surface area contributed by atoms with E-state index in [1.165, 1.54) is 0 Å². The quantitative estimate of drug-likeness (QED) is 0.164. The first kappa shape index (κ1) is 13.5. The molecule has 0 aliphatic rings. The number of rotatable bonds is 7. The van der Waals surface area contributed by atoms with Gasteiger partial charge in [0.15, 0.2) is 17.5 Å². The predicted octanol–water partition coefficient (Wildman–Crippen LogP) is 13.0. The average molecular weight is 734 g/mol. The van der Waals surface area contributed by atoms with E-state index in [1.54, 1.807) is 0 Å². The highest BCUT2D eigenvalue weighted by atomic mass is 15.1. The fourth-order valence-electron chi connectivity index (χ4n) is 5.87. The number of nitrogens with zero attached hydrogens (tertiary/aromatic N) is 4. The molecule has 0 saturated carbocycles. The number of benzene rings is 8. The molecule has 4 heteroatoms. The van der Waals surface area contributed by atoms with Crippen molar-refractivity contribution in [1.29, 1.82) is 0 Å². The molecule has 0 aliphatic carbocycles. The van der Waals surface area contributed by atoms with Crippen LogP contribution in [0.3, 0.4) is 0 Å². The first-order valence-corrected chi connectivity index (χ1v) is 16.0. The van der Waals surface area contributed by atoms with Gasteiger partial charge in [0.25, 0.3) is 0 Å². The molecule has 0 aliphatic heterocycles. The van der Waals surface area contributed by atoms with Gasteiger partial charge in [-0.05, 0) is 63.6 Å². The van der Waals surface area contributed by atoms with Gasteiger partial charge in [0.1, 0.15) is 0 Å². The molecule has 0 amide bonds. The average Bonchev–Trinajstić information content (AvgIpc) is 1.50. The number of fused-ring (bicyclic) bond motifs is 3. The molecule has 0 saturated heterocycles. The summed E-state index contributed by atoms with van der Waals surface area (Å²) in [5.41, 5.74) is -7.74. The fraction of sp³-hybridized carbons (Fsp3) is 0. The van der Waals surface area contributed by atoms with Gasteiger partial charge >= 0.3 is 0 Å². The lowest BCUT2D eigenvalue weighted by Crippen LogP contribution is -2.04. The van der Waals surface area contributed by atoms with E-state index in [2.05, 4.69) is 15.0 Å². The highest BCUT2D eigenvalue weighted by molar-refractivity contribution is 6.16. The normalized spacial score (nSPS) is 19.2. The van der Waals surface area contributed by atoms with Crippen LogP contribution in [-0.4, -0.2) is 19.5 Å². The predicted molar refractivity (Wildman–Crippen MR) is 227 cm³/mol. The van der Waals surface area contributed by atoms with Crippen LogP contribution in [0.5, 0.6) is 0 Å². The second kappa shape index (κ2) is 13.8. The highest BCUT2D eigenvalue weighted by Crippen LogP contribution is 2.41. The molecular weight excluding hydrogens is 669 g/mol. The molecule has 0 spiro atoms. The Morgan fingerprint density at radius 1 is 0.364 bits per heavy atom. The Labute approximate surface area is 363 Å². The zero-order chi connectivity index (χ0) is 63.5. The maximum Gasteiger partial charge on any atom is 0.166 e. The molecule has 8 aromatic carbocycles. The first-order chi connectivity index (χ1) is 40.1. The number of para-hydroxylation sites is 1. The SMILES string of the molecule is [2H]c1c([2H])c([2H])c(-c2nc(-c3cc(-c4c([2H])c([2H])c([2H])c(-c5c([2H])c([2H])c([2H])c([2H])c5[2H])c4[2H])ccc3-n3c4c([2H])c([2H])c([2H])c([2H])c4c4c(-c5c([2H])c([2H])c([2H])c([2H])c5[2H])c([2H])c([2H])c([2H])c43)nc(-c3c([2H])c([2H])c([2H])c([2H])c3[2H])n2)c([2H])c1[2H]. The molecule has 10 rings (SSSR count). The maximum absolute atomic E-state index is 9.62. The van der Waals surface area contributed by atoms with Crippen molar-refractivity contribution in [1.82, 2.24) is 19.5 Å². The summed E-state index contributed by atoms with van der Waals surface area (Å²) in [4.78, 5) is 13.4. The van der Waals surface area contributed by atoms with E-state index >= 15 is 0 Å². The monoisotopic (exact) mass is 733 g/mol. The number of hydrogen-bond acceptors (Lipinski definition) is 3. The van der Waals surface area contributed by atoms with E-state index < -0.39 is 277 Å². The second-order valence-corrected chi connectivity index (χ2v) is 11.3. The molecule has 10 aromatic rings. The molecule has 0 N–H and O–H groups in total. The van der Waals surface area contributed by atoms with Crippen LogP contribution < -0.4 is 0 Å². The molecule has 0 unspecified atom stereocenters. The van der Waals surface area contributed by atoms with E-state index in [0.717, 1.165) is 22.8 Å². The van der Waals surface area contributed by atoms with Gasteiger partial charge in [0.2, 0.25) is 0 Å². The van der Waals surface area contributed by atoms with Gasteiger partial charge in [0, 0.05) is 27.5 Å². The smallest absolute Gasteiger partial charge is 0.166 e. The van der Waals surface area contributed by atoms with Gasteiger partial charge in [-0.25, -0.2) is 15.0 Å². The Morgan fingerprint density at radius 3 is 1.51 bits per heavy atom. The van der Waals surface area contributed by atoms with Gasteiger partial charge in [-0.1, -0.05) is 175 Å². The molecule has 2 heterocycles. The summed E-state index contributed by atoms with van der Waals surface area (Å²) in [5.74, 6) is -2.53. The lowest BCUT2D eigenvalue weighted by Gasteiger charge is -2.17. The topological polar surface area (TPSA) is 43.6 Å². The summed E-state index contributed by atoms with van der Waals surface area (Å²) >= 11 is 0. The molecule has 0 bridgehead atoms. The number of aromatic nitrogens is 4. The van der Waals surface area contributed by atoms with Gasteiger partial charge in [-0.2, -0.15) is 0 Å². The summed E-state index contributed by atoms with van der Waals surface area (Å²) in [6.45, 7) is 0. The Balaban J connectivity index is 1.49. The van der Waals surface area contributed by atoms with Crippen molar-refractivity contribution >= 4 is 21.8 Å². The van der Waals surface area contributed by atoms with Crippen molar-refractivity contribution < 1.29 is 42.5 Å². The van der Waals surface area contributed by atoms with Crippen LogP contribution in [0, 0.1) is 0 Å². The van der Waals surface area contributed by atoms with E-state index in [4.69, 9.17) is 32.9 Å². The standard InChI is InChI=1S/C51H34N4/c1-5-17-35(18-6-1)39-25-15-26-40(33-39)41-31-32-46(55-45-29-14-13-27-43(45)48-42(28-16-30-47(48)55)36-19-7-2-8-20-36)44(34-41)51-53-49(37-21-9-3-10-22-37)52-50(54-51)38-23-11-4-12-24-38/h1-34H/i1D,2D,3D,4D,5D,6D,7D,8D,9D,10D,11D,12D,13D,14D,15D,16D,17D,18D,19D,20D,21D,22D,23D,24D,25D,26D,27D,28D,29D,30D,33D. The third-order valence-electron chi connectivity index (χ3n) is 8.19. The molecule has 2 aromatic heterocycles. The van der Waals surface area contributed by atoms with Crippen molar-refractivity contribution in [2.45, 2.75) is 0 Å². The Kier molecular flexibility index (Phi) is 3.39. The summed E-state index contributed by atoms with van der Waals surface area (Å²) < 4.78 is 275. The van der Waals surface area contributed by atoms with E-state index in [9.17, 15) is 9.60 Å². The summed E-state index contributed by atoms with van der Waals surface area (Å²) in [6, 6.07) is -25.4. The lowest BCUT2D eigenvalue weighted by molar-refractivity contribution is 1.06. The molecule has 4 nitrogen and oxygen atoms in total. The molecule has 0 atom stereocenters. The molecule has 55 heavy (non-hydrogen) atoms. The minimum absolute atomic E-state index is 0.377. The van der Waals surface area contributed by atoms with Crippen molar-refractivity contribution in [2.75, 3.05) is 0 Å². The Hall–Kier alpha value is -7.43. The van der Waals surface area contributed by atoms with Crippen LogP contribution in [0.2, 0.25) is 0 Å². The van der Waals surface area contributed by atoms with Gasteiger partial charge < -0.3 is 4.57 Å². The Bertz CT molecular complexity index is 4580. The third-order valence-corrected chi connectivity index (χ3v) is 8.19. The molecule has 258 valence electrons. The maximum atomic E-state index is 9.62. The van der Waals surface area contributed by atoms with Crippen molar-refractivity contribution in [3.05, 3.63) is 206 Å². The van der Waals surface area contributed by atoms with Crippen molar-refractivity contribution in [3.8, 4) is 73.2 Å². The van der Waals surface area contributed by atoms with E-state index in [-0.39, 0.29) is 5.56 Å². The van der Waals surface area contributed by atoms with Gasteiger partial charge in [-0.3, -0.25) is 0 Å². The van der Waals surface area contributed by atoms with Crippen LogP contribution in [0.15, 0.2) is 206 Å². The summed E-state index contributed by atoms with van der Waals surface area (Å²) in [5, 5.41) is -1.13. The largest absolute Gasteiger partial charge is 0.308 e. The lowest BCUT2D eigenvalue weighted by atomic mass is 9.97. The summed E-state index contributed by atoms with van der Waals surface area (Å²) in [6.07, 6.45) is 0. The van der Waals surface area contributed by atoms with Crippen LogP contribution in [-0.2, 0) is 0 Å². The minimum atomic E-state index is -1.000. The van der Waals surface area contributed by atoms with Crippen LogP contribution in [0.1, 0.15) is 42.5 Å². The van der Waals surface area contributed by atoms with E-state index in [1.807, 2.05) is 0 Å². The molecular formula is C51H34N4. The zero-order valence-corrected chi connectivity index (χ0v) is 27.5. The second-order valence-electron chi connectivity index (χ2n) is 11.3. The van der Waals surface area contributed by atoms with Crippen LogP contribution in [0.4, 0.5) is 0 Å². The zero-order valence-electron chi connectivity index (χ0n) is 58.5. The fourth-order valence-corrected chi connectivity index (χ4v) is 5.87. The molecule has 0 fully saturated rings.